The van der Waals surface area contributed by atoms with E-state index < -0.39 is 0 Å². The van der Waals surface area contributed by atoms with Crippen LogP contribution in [0, 0.1) is 0 Å². The van der Waals surface area contributed by atoms with Crippen LogP contribution in [-0.4, -0.2) is 76.8 Å². The Bertz CT molecular complexity index is 458. The molecule has 4 amide bonds. The van der Waals surface area contributed by atoms with Crippen molar-refractivity contribution in [1.29, 1.82) is 0 Å². The maximum Gasteiger partial charge on any atom is 0.326 e. The maximum absolute atomic E-state index is 12.4. The number of rotatable bonds is 6. The van der Waals surface area contributed by atoms with Gasteiger partial charge in [0.05, 0.1) is 0 Å². The lowest BCUT2D eigenvalue weighted by molar-refractivity contribution is -0.132. The molecular weight excluding hydrogens is 314 g/mol. The van der Waals surface area contributed by atoms with Crippen molar-refractivity contribution in [1.82, 2.24) is 14.7 Å². The van der Waals surface area contributed by atoms with E-state index in [-0.39, 0.29) is 24.4 Å². The average Bonchev–Trinajstić information content (AvgIpc) is 2.71. The van der Waals surface area contributed by atoms with E-state index in [2.05, 4.69) is 6.92 Å². The normalized spacial score (nSPS) is 22.7. The minimum atomic E-state index is -0.253. The van der Waals surface area contributed by atoms with Crippen LogP contribution in [0.15, 0.2) is 0 Å². The van der Waals surface area contributed by atoms with Crippen LogP contribution in [0.4, 0.5) is 4.79 Å². The minimum absolute atomic E-state index is 0.148. The van der Waals surface area contributed by atoms with Crippen molar-refractivity contribution in [2.75, 3.05) is 39.0 Å². The fourth-order valence-electron chi connectivity index (χ4n) is 3.14. The van der Waals surface area contributed by atoms with Gasteiger partial charge in [0.25, 0.3) is 0 Å². The number of likely N-dealkylation sites (N-methyl/N-ethyl adjacent to an activating group) is 1. The lowest BCUT2D eigenvalue weighted by Gasteiger charge is -2.24. The second-order valence-corrected chi connectivity index (χ2v) is 7.78. The molecule has 0 radical (unpaired) electrons. The Kier molecular flexibility index (Phi) is 6.74. The molecule has 0 saturated carbocycles. The quantitative estimate of drug-likeness (QED) is 0.691. The second kappa shape index (κ2) is 8.57. The SMILES string of the molecule is CCSC1CCCCN(C(=O)CCCN2C(=O)CN(C)C2=O)C1. The Morgan fingerprint density at radius 2 is 2.09 bits per heavy atom. The van der Waals surface area contributed by atoms with Gasteiger partial charge < -0.3 is 9.80 Å². The van der Waals surface area contributed by atoms with E-state index in [0.717, 1.165) is 25.3 Å². The number of amides is 4. The maximum atomic E-state index is 12.4. The zero-order valence-electron chi connectivity index (χ0n) is 14.1. The van der Waals surface area contributed by atoms with Crippen molar-refractivity contribution in [3.63, 3.8) is 0 Å². The van der Waals surface area contributed by atoms with Gasteiger partial charge in [0.15, 0.2) is 0 Å². The van der Waals surface area contributed by atoms with E-state index in [1.807, 2.05) is 16.7 Å². The third kappa shape index (κ3) is 4.86. The molecule has 0 aliphatic carbocycles. The molecule has 2 saturated heterocycles. The number of hydrogen-bond donors (Lipinski definition) is 0. The van der Waals surface area contributed by atoms with E-state index in [0.29, 0.717) is 24.6 Å². The van der Waals surface area contributed by atoms with Crippen LogP contribution in [0.1, 0.15) is 39.0 Å². The van der Waals surface area contributed by atoms with Crippen molar-refractivity contribution in [2.24, 2.45) is 0 Å². The summed E-state index contributed by atoms with van der Waals surface area (Å²) in [6, 6.07) is -0.253. The number of carbonyl (C=O) groups excluding carboxylic acids is 3. The molecule has 130 valence electrons. The molecule has 2 fully saturated rings. The van der Waals surface area contributed by atoms with E-state index in [9.17, 15) is 14.4 Å². The number of likely N-dealkylation sites (tertiary alicyclic amines) is 1. The third-order valence-electron chi connectivity index (χ3n) is 4.39. The molecule has 2 heterocycles. The average molecular weight is 341 g/mol. The molecule has 0 bridgehead atoms. The number of nitrogens with zero attached hydrogens (tertiary/aromatic N) is 3. The van der Waals surface area contributed by atoms with Gasteiger partial charge in [-0.3, -0.25) is 14.5 Å². The lowest BCUT2D eigenvalue weighted by atomic mass is 10.2. The lowest BCUT2D eigenvalue weighted by Crippen LogP contribution is -2.37. The van der Waals surface area contributed by atoms with Crippen LogP contribution in [-0.2, 0) is 9.59 Å². The number of urea groups is 1. The first-order valence-electron chi connectivity index (χ1n) is 8.47. The number of imide groups is 1. The van der Waals surface area contributed by atoms with Crippen LogP contribution in [0.3, 0.4) is 0 Å². The number of hydrogen-bond acceptors (Lipinski definition) is 4. The molecular formula is C16H27N3O3S. The Morgan fingerprint density at radius 3 is 2.74 bits per heavy atom. The van der Waals surface area contributed by atoms with Crippen LogP contribution in [0.25, 0.3) is 0 Å². The van der Waals surface area contributed by atoms with Gasteiger partial charge >= 0.3 is 6.03 Å². The fraction of sp³-hybridized carbons (Fsp3) is 0.812. The Morgan fingerprint density at radius 1 is 1.30 bits per heavy atom. The van der Waals surface area contributed by atoms with Crippen molar-refractivity contribution >= 4 is 29.6 Å². The smallest absolute Gasteiger partial charge is 0.326 e. The molecule has 0 spiro atoms. The van der Waals surface area contributed by atoms with Gasteiger partial charge in [-0.1, -0.05) is 13.3 Å². The first-order chi connectivity index (χ1) is 11.0. The molecule has 0 N–H and O–H groups in total. The van der Waals surface area contributed by atoms with Gasteiger partial charge in [-0.25, -0.2) is 4.79 Å². The predicted molar refractivity (Wildman–Crippen MR) is 91.3 cm³/mol. The molecule has 1 unspecified atom stereocenters. The van der Waals surface area contributed by atoms with Crippen LogP contribution in [0.2, 0.25) is 0 Å². The summed E-state index contributed by atoms with van der Waals surface area (Å²) in [5, 5.41) is 0.543. The second-order valence-electron chi connectivity index (χ2n) is 6.20. The molecule has 7 heteroatoms. The number of carbonyl (C=O) groups is 3. The Hall–Kier alpha value is -1.24. The van der Waals surface area contributed by atoms with Crippen molar-refractivity contribution < 1.29 is 14.4 Å². The molecule has 1 atom stereocenters. The molecule has 0 aromatic heterocycles. The summed E-state index contributed by atoms with van der Waals surface area (Å²) in [6.07, 6.45) is 4.40. The van der Waals surface area contributed by atoms with Crippen LogP contribution < -0.4 is 0 Å². The summed E-state index contributed by atoms with van der Waals surface area (Å²) in [4.78, 5) is 40.5. The molecule has 2 rings (SSSR count). The minimum Gasteiger partial charge on any atom is -0.342 e. The highest BCUT2D eigenvalue weighted by atomic mass is 32.2. The summed E-state index contributed by atoms with van der Waals surface area (Å²) in [5.41, 5.74) is 0. The number of thioether (sulfide) groups is 1. The predicted octanol–water partition coefficient (Wildman–Crippen LogP) is 1.79. The highest BCUT2D eigenvalue weighted by Crippen LogP contribution is 2.22. The summed E-state index contributed by atoms with van der Waals surface area (Å²) in [5.74, 6) is 1.07. The summed E-state index contributed by atoms with van der Waals surface area (Å²) < 4.78 is 0. The van der Waals surface area contributed by atoms with Crippen LogP contribution in [0.5, 0.6) is 0 Å². The van der Waals surface area contributed by atoms with Crippen LogP contribution >= 0.6 is 11.8 Å². The highest BCUT2D eigenvalue weighted by Gasteiger charge is 2.33. The van der Waals surface area contributed by atoms with E-state index in [1.165, 1.54) is 22.6 Å². The highest BCUT2D eigenvalue weighted by molar-refractivity contribution is 7.99. The summed E-state index contributed by atoms with van der Waals surface area (Å²) >= 11 is 1.93. The van der Waals surface area contributed by atoms with Gasteiger partial charge in [0, 0.05) is 38.4 Å². The van der Waals surface area contributed by atoms with E-state index in [1.54, 1.807) is 7.05 Å². The Labute approximate surface area is 142 Å². The fourth-order valence-corrected chi connectivity index (χ4v) is 4.23. The van der Waals surface area contributed by atoms with Gasteiger partial charge in [-0.2, -0.15) is 11.8 Å². The summed E-state index contributed by atoms with van der Waals surface area (Å²) in [7, 11) is 1.62. The largest absolute Gasteiger partial charge is 0.342 e. The zero-order chi connectivity index (χ0) is 16.8. The molecule has 23 heavy (non-hydrogen) atoms. The third-order valence-corrected chi connectivity index (χ3v) is 5.58. The first kappa shape index (κ1) is 18.1. The molecule has 6 nitrogen and oxygen atoms in total. The molecule has 0 aromatic carbocycles. The summed E-state index contributed by atoms with van der Waals surface area (Å²) in [6.45, 7) is 4.32. The van der Waals surface area contributed by atoms with E-state index in [4.69, 9.17) is 0 Å². The first-order valence-corrected chi connectivity index (χ1v) is 9.52. The van der Waals surface area contributed by atoms with Crippen molar-refractivity contribution in [3.05, 3.63) is 0 Å². The van der Waals surface area contributed by atoms with Gasteiger partial charge in [-0.05, 0) is 25.0 Å². The van der Waals surface area contributed by atoms with E-state index >= 15 is 0 Å². The van der Waals surface area contributed by atoms with Gasteiger partial charge in [0.1, 0.15) is 6.54 Å². The molecule has 0 aromatic rings. The van der Waals surface area contributed by atoms with Crippen molar-refractivity contribution in [2.45, 2.75) is 44.3 Å². The zero-order valence-corrected chi connectivity index (χ0v) is 14.9. The standard InChI is InChI=1S/C16H27N3O3S/c1-3-23-13-7-4-5-9-18(11-13)14(20)8-6-10-19-15(21)12-17(2)16(19)22/h13H,3-12H2,1-2H3. The van der Waals surface area contributed by atoms with Gasteiger partial charge in [-0.15, -0.1) is 0 Å². The van der Waals surface area contributed by atoms with Gasteiger partial charge in [0.2, 0.25) is 11.8 Å². The molecule has 2 aliphatic rings. The Balaban J connectivity index is 1.77. The monoisotopic (exact) mass is 341 g/mol. The van der Waals surface area contributed by atoms with Crippen molar-refractivity contribution in [3.8, 4) is 0 Å². The topological polar surface area (TPSA) is 60.9 Å². The molecule has 2 aliphatic heterocycles.